The second kappa shape index (κ2) is 4.41. The van der Waals surface area contributed by atoms with E-state index in [9.17, 15) is 4.79 Å². The molecule has 0 spiro atoms. The molecule has 76 valence electrons. The summed E-state index contributed by atoms with van der Waals surface area (Å²) in [6.07, 6.45) is 5.10. The van der Waals surface area contributed by atoms with Crippen molar-refractivity contribution in [3.05, 3.63) is 42.6 Å². The standard InChI is InChI=1S/C11H11N3O/c15-11(14-8-4-7-12-9-14)13-10-5-2-1-3-6-10/h1-8H,9H2,(H,13,15). The van der Waals surface area contributed by atoms with Crippen molar-refractivity contribution in [1.82, 2.24) is 4.90 Å². The molecule has 0 aromatic heterocycles. The third kappa shape index (κ3) is 2.43. The lowest BCUT2D eigenvalue weighted by molar-refractivity contribution is 0.229. The van der Waals surface area contributed by atoms with Gasteiger partial charge in [0.15, 0.2) is 0 Å². The molecule has 0 bridgehead atoms. The van der Waals surface area contributed by atoms with E-state index in [2.05, 4.69) is 10.3 Å². The van der Waals surface area contributed by atoms with Crippen LogP contribution in [0.25, 0.3) is 0 Å². The molecule has 4 heteroatoms. The van der Waals surface area contributed by atoms with Gasteiger partial charge in [-0.25, -0.2) is 4.79 Å². The lowest BCUT2D eigenvalue weighted by atomic mass is 10.3. The number of hydrogen-bond acceptors (Lipinski definition) is 2. The van der Waals surface area contributed by atoms with Crippen molar-refractivity contribution >= 4 is 17.9 Å². The van der Waals surface area contributed by atoms with Crippen molar-refractivity contribution in [3.63, 3.8) is 0 Å². The molecule has 1 aliphatic rings. The monoisotopic (exact) mass is 201 g/mol. The average Bonchev–Trinajstić information content (AvgIpc) is 2.31. The van der Waals surface area contributed by atoms with Crippen molar-refractivity contribution in [2.45, 2.75) is 0 Å². The largest absolute Gasteiger partial charge is 0.327 e. The van der Waals surface area contributed by atoms with Gasteiger partial charge in [0.25, 0.3) is 0 Å². The van der Waals surface area contributed by atoms with Crippen LogP contribution in [0, 0.1) is 0 Å². The zero-order valence-corrected chi connectivity index (χ0v) is 8.13. The van der Waals surface area contributed by atoms with Crippen LogP contribution in [0.15, 0.2) is 47.6 Å². The first-order valence-corrected chi connectivity index (χ1v) is 4.65. The summed E-state index contributed by atoms with van der Waals surface area (Å²) in [4.78, 5) is 17.1. The lowest BCUT2D eigenvalue weighted by Gasteiger charge is -2.18. The van der Waals surface area contributed by atoms with Crippen LogP contribution in [0.2, 0.25) is 0 Å². The quantitative estimate of drug-likeness (QED) is 0.742. The van der Waals surface area contributed by atoms with Gasteiger partial charge < -0.3 is 5.32 Å². The molecule has 1 aromatic carbocycles. The summed E-state index contributed by atoms with van der Waals surface area (Å²) in [5.41, 5.74) is 0.783. The molecule has 1 heterocycles. The molecule has 0 saturated heterocycles. The number of urea groups is 1. The van der Waals surface area contributed by atoms with Gasteiger partial charge in [0.05, 0.1) is 0 Å². The SMILES string of the molecule is O=C(Nc1ccccc1)N1C=CC=NC1. The minimum Gasteiger partial charge on any atom is -0.308 e. The van der Waals surface area contributed by atoms with Crippen LogP contribution in [0.4, 0.5) is 10.5 Å². The second-order valence-electron chi connectivity index (χ2n) is 3.08. The molecule has 1 aromatic rings. The number of benzene rings is 1. The van der Waals surface area contributed by atoms with Crippen molar-refractivity contribution < 1.29 is 4.79 Å². The minimum absolute atomic E-state index is 0.172. The Morgan fingerprint density at radius 1 is 1.33 bits per heavy atom. The van der Waals surface area contributed by atoms with E-state index < -0.39 is 0 Å². The molecule has 2 amide bonds. The van der Waals surface area contributed by atoms with Crippen LogP contribution in [-0.2, 0) is 0 Å². The zero-order valence-electron chi connectivity index (χ0n) is 8.13. The normalized spacial score (nSPS) is 14.0. The smallest absolute Gasteiger partial charge is 0.308 e. The highest BCUT2D eigenvalue weighted by atomic mass is 16.2. The molecule has 0 fully saturated rings. The van der Waals surface area contributed by atoms with E-state index in [1.54, 1.807) is 18.5 Å². The summed E-state index contributed by atoms with van der Waals surface area (Å²) in [5.74, 6) is 0. The van der Waals surface area contributed by atoms with E-state index in [1.165, 1.54) is 4.90 Å². The number of allylic oxidation sites excluding steroid dienone is 1. The zero-order chi connectivity index (χ0) is 10.5. The van der Waals surface area contributed by atoms with Gasteiger partial charge >= 0.3 is 6.03 Å². The summed E-state index contributed by atoms with van der Waals surface area (Å²) in [6.45, 7) is 0.370. The molecule has 1 aliphatic heterocycles. The Kier molecular flexibility index (Phi) is 2.78. The highest BCUT2D eigenvalue weighted by Gasteiger charge is 2.10. The molecular weight excluding hydrogens is 190 g/mol. The van der Waals surface area contributed by atoms with Gasteiger partial charge in [0.2, 0.25) is 0 Å². The number of nitrogens with zero attached hydrogens (tertiary/aromatic N) is 2. The Morgan fingerprint density at radius 2 is 2.13 bits per heavy atom. The van der Waals surface area contributed by atoms with Gasteiger partial charge in [-0.05, 0) is 18.2 Å². The van der Waals surface area contributed by atoms with Crippen molar-refractivity contribution in [2.24, 2.45) is 4.99 Å². The third-order valence-electron chi connectivity index (χ3n) is 1.98. The average molecular weight is 201 g/mol. The maximum atomic E-state index is 11.7. The molecule has 2 rings (SSSR count). The fraction of sp³-hybridized carbons (Fsp3) is 0.0909. The van der Waals surface area contributed by atoms with Gasteiger partial charge in [0, 0.05) is 18.1 Å². The number of carbonyl (C=O) groups excluding carboxylic acids is 1. The molecule has 0 atom stereocenters. The van der Waals surface area contributed by atoms with Gasteiger partial charge in [0.1, 0.15) is 6.67 Å². The first kappa shape index (κ1) is 9.45. The van der Waals surface area contributed by atoms with Crippen LogP contribution in [-0.4, -0.2) is 23.8 Å². The van der Waals surface area contributed by atoms with E-state index >= 15 is 0 Å². The van der Waals surface area contributed by atoms with E-state index in [0.29, 0.717) is 6.67 Å². The highest BCUT2D eigenvalue weighted by molar-refractivity contribution is 5.90. The van der Waals surface area contributed by atoms with E-state index in [1.807, 2.05) is 30.3 Å². The molecule has 15 heavy (non-hydrogen) atoms. The number of nitrogens with one attached hydrogen (secondary N) is 1. The first-order chi connectivity index (χ1) is 7.36. The lowest BCUT2D eigenvalue weighted by Crippen LogP contribution is -2.31. The summed E-state index contributed by atoms with van der Waals surface area (Å²) in [7, 11) is 0. The predicted molar refractivity (Wildman–Crippen MR) is 59.8 cm³/mol. The van der Waals surface area contributed by atoms with Gasteiger partial charge in [-0.15, -0.1) is 0 Å². The topological polar surface area (TPSA) is 44.7 Å². The molecule has 0 aliphatic carbocycles. The highest BCUT2D eigenvalue weighted by Crippen LogP contribution is 2.07. The molecule has 0 radical (unpaired) electrons. The summed E-state index contributed by atoms with van der Waals surface area (Å²) in [5, 5.41) is 2.77. The Bertz CT molecular complexity index is 398. The van der Waals surface area contributed by atoms with Crippen molar-refractivity contribution in [1.29, 1.82) is 0 Å². The van der Waals surface area contributed by atoms with Crippen LogP contribution in [0.3, 0.4) is 0 Å². The van der Waals surface area contributed by atoms with E-state index in [-0.39, 0.29) is 6.03 Å². The number of anilines is 1. The maximum absolute atomic E-state index is 11.7. The molecule has 0 saturated carbocycles. The summed E-state index contributed by atoms with van der Waals surface area (Å²) in [6, 6.07) is 9.17. The molecule has 4 nitrogen and oxygen atoms in total. The van der Waals surface area contributed by atoms with Gasteiger partial charge in [-0.3, -0.25) is 9.89 Å². The van der Waals surface area contributed by atoms with E-state index in [4.69, 9.17) is 0 Å². The summed E-state index contributed by atoms with van der Waals surface area (Å²) >= 11 is 0. The number of aliphatic imine (C=N–C) groups is 1. The Balaban J connectivity index is 1.98. The van der Waals surface area contributed by atoms with Gasteiger partial charge in [-0.2, -0.15) is 0 Å². The van der Waals surface area contributed by atoms with Crippen LogP contribution in [0.1, 0.15) is 0 Å². The Hall–Kier alpha value is -2.10. The Labute approximate surface area is 87.9 Å². The minimum atomic E-state index is -0.172. The number of amides is 2. The first-order valence-electron chi connectivity index (χ1n) is 4.65. The number of rotatable bonds is 1. The van der Waals surface area contributed by atoms with E-state index in [0.717, 1.165) is 5.69 Å². The fourth-order valence-electron chi connectivity index (χ4n) is 1.23. The second-order valence-corrected chi connectivity index (χ2v) is 3.08. The number of carbonyl (C=O) groups is 1. The van der Waals surface area contributed by atoms with Crippen molar-refractivity contribution in [2.75, 3.05) is 12.0 Å². The van der Waals surface area contributed by atoms with Crippen LogP contribution in [0.5, 0.6) is 0 Å². The molecular formula is C11H11N3O. The van der Waals surface area contributed by atoms with Gasteiger partial charge in [-0.1, -0.05) is 18.2 Å². The number of para-hydroxylation sites is 1. The predicted octanol–water partition coefficient (Wildman–Crippen LogP) is 2.08. The maximum Gasteiger partial charge on any atom is 0.327 e. The molecule has 0 unspecified atom stereocenters. The third-order valence-corrected chi connectivity index (χ3v) is 1.98. The summed E-state index contributed by atoms with van der Waals surface area (Å²) < 4.78 is 0. The fourth-order valence-corrected chi connectivity index (χ4v) is 1.23. The van der Waals surface area contributed by atoms with Crippen LogP contribution >= 0.6 is 0 Å². The van der Waals surface area contributed by atoms with Crippen molar-refractivity contribution in [3.8, 4) is 0 Å². The number of hydrogen-bond donors (Lipinski definition) is 1. The molecule has 1 N–H and O–H groups in total. The Morgan fingerprint density at radius 3 is 2.80 bits per heavy atom. The van der Waals surface area contributed by atoms with Crippen LogP contribution < -0.4 is 5.32 Å².